The molecule has 4 rings (SSSR count). The maximum absolute atomic E-state index is 11.0. The second-order valence-electron chi connectivity index (χ2n) is 11.5. The number of rotatable bonds is 7. The van der Waals surface area contributed by atoms with Gasteiger partial charge in [-0.15, -0.1) is 0 Å². The first-order valence-electron chi connectivity index (χ1n) is 12.7. The van der Waals surface area contributed by atoms with Crippen molar-refractivity contribution in [3.63, 3.8) is 0 Å². The van der Waals surface area contributed by atoms with Gasteiger partial charge in [-0.2, -0.15) is 0 Å². The highest BCUT2D eigenvalue weighted by Crippen LogP contribution is 2.68. The van der Waals surface area contributed by atoms with Crippen LogP contribution >= 0.6 is 0 Å². The number of fused-ring (bicyclic) bond motifs is 5. The molecule has 0 aliphatic heterocycles. The Labute approximate surface area is 178 Å². The zero-order chi connectivity index (χ0) is 20.6. The van der Waals surface area contributed by atoms with Gasteiger partial charge >= 0.3 is 5.97 Å². The largest absolute Gasteiger partial charge is 0.481 e. The van der Waals surface area contributed by atoms with Crippen molar-refractivity contribution in [2.75, 3.05) is 6.61 Å². The van der Waals surface area contributed by atoms with Crippen molar-refractivity contribution >= 4 is 5.97 Å². The monoisotopic (exact) mass is 404 g/mol. The number of carboxylic acid groups (broad SMARTS) is 1. The Hall–Kier alpha value is -0.570. The molecule has 0 bridgehead atoms. The number of ether oxygens (including phenoxy) is 1. The zero-order valence-corrected chi connectivity index (χ0v) is 19.1. The molecule has 3 heteroatoms. The van der Waals surface area contributed by atoms with E-state index in [0.29, 0.717) is 23.4 Å². The molecule has 0 radical (unpaired) electrons. The molecule has 0 spiro atoms. The van der Waals surface area contributed by atoms with Crippen LogP contribution in [0, 0.1) is 40.4 Å². The van der Waals surface area contributed by atoms with Crippen molar-refractivity contribution in [3.05, 3.63) is 0 Å². The number of hydrogen-bond donors (Lipinski definition) is 1. The van der Waals surface area contributed by atoms with Crippen LogP contribution in [0.5, 0.6) is 0 Å². The second kappa shape index (κ2) is 8.52. The van der Waals surface area contributed by atoms with Gasteiger partial charge in [0.2, 0.25) is 0 Å². The number of aliphatic carboxylic acids is 1. The van der Waals surface area contributed by atoms with Crippen LogP contribution in [0.1, 0.15) is 104 Å². The Morgan fingerprint density at radius 3 is 2.52 bits per heavy atom. The molecule has 8 atom stereocenters. The number of carbonyl (C=O) groups is 1. The minimum absolute atomic E-state index is 0.352. The molecule has 0 aromatic heterocycles. The molecule has 3 nitrogen and oxygen atoms in total. The molecular weight excluding hydrogens is 360 g/mol. The third-order valence-corrected chi connectivity index (χ3v) is 10.3. The van der Waals surface area contributed by atoms with Crippen LogP contribution in [0.2, 0.25) is 0 Å². The van der Waals surface area contributed by atoms with Crippen LogP contribution in [0.15, 0.2) is 0 Å². The highest BCUT2D eigenvalue weighted by atomic mass is 16.5. The van der Waals surface area contributed by atoms with Crippen molar-refractivity contribution in [1.82, 2.24) is 0 Å². The van der Waals surface area contributed by atoms with E-state index in [9.17, 15) is 4.79 Å². The summed E-state index contributed by atoms with van der Waals surface area (Å²) >= 11 is 0. The molecule has 1 unspecified atom stereocenters. The van der Waals surface area contributed by atoms with E-state index >= 15 is 0 Å². The predicted molar refractivity (Wildman–Crippen MR) is 117 cm³/mol. The van der Waals surface area contributed by atoms with Gasteiger partial charge in [0.1, 0.15) is 0 Å². The molecule has 0 amide bonds. The van der Waals surface area contributed by atoms with Gasteiger partial charge in [0.15, 0.2) is 0 Å². The van der Waals surface area contributed by atoms with Gasteiger partial charge < -0.3 is 9.84 Å². The molecule has 4 fully saturated rings. The summed E-state index contributed by atoms with van der Waals surface area (Å²) in [7, 11) is 0. The Balaban J connectivity index is 1.42. The molecule has 4 saturated carbocycles. The highest BCUT2D eigenvalue weighted by Gasteiger charge is 2.59. The fourth-order valence-corrected chi connectivity index (χ4v) is 8.74. The van der Waals surface area contributed by atoms with Gasteiger partial charge in [-0.1, -0.05) is 20.8 Å². The summed E-state index contributed by atoms with van der Waals surface area (Å²) in [5.74, 6) is 3.74. The average Bonchev–Trinajstić information content (AvgIpc) is 3.02. The van der Waals surface area contributed by atoms with Crippen molar-refractivity contribution in [3.8, 4) is 0 Å². The SMILES string of the molecule is CCCO[C@@H]1CC[C@@]2(C)[C@H](CCC3[C@@H]2CC[C@]2(C)[C@@H](CCCC(=O)O)CC[C@@H]32)C1. The molecule has 0 aromatic carbocycles. The van der Waals surface area contributed by atoms with Gasteiger partial charge in [-0.25, -0.2) is 0 Å². The summed E-state index contributed by atoms with van der Waals surface area (Å²) < 4.78 is 6.17. The van der Waals surface area contributed by atoms with E-state index in [0.717, 1.165) is 55.5 Å². The number of hydrogen-bond acceptors (Lipinski definition) is 2. The van der Waals surface area contributed by atoms with Gasteiger partial charge in [0.05, 0.1) is 6.10 Å². The summed E-state index contributed by atoms with van der Waals surface area (Å²) in [4.78, 5) is 11.0. The Kier molecular flexibility index (Phi) is 6.36. The lowest BCUT2D eigenvalue weighted by Gasteiger charge is -2.61. The first kappa shape index (κ1) is 21.7. The molecule has 29 heavy (non-hydrogen) atoms. The fourth-order valence-electron chi connectivity index (χ4n) is 8.74. The molecule has 4 aliphatic rings. The summed E-state index contributed by atoms with van der Waals surface area (Å²) in [5, 5.41) is 9.03. The first-order valence-corrected chi connectivity index (χ1v) is 12.7. The Morgan fingerprint density at radius 2 is 1.76 bits per heavy atom. The zero-order valence-electron chi connectivity index (χ0n) is 19.1. The minimum atomic E-state index is -0.627. The van der Waals surface area contributed by atoms with Gasteiger partial charge in [0.25, 0.3) is 0 Å². The summed E-state index contributed by atoms with van der Waals surface area (Å²) in [6, 6.07) is 0. The van der Waals surface area contributed by atoms with E-state index < -0.39 is 5.97 Å². The van der Waals surface area contributed by atoms with Gasteiger partial charge in [-0.3, -0.25) is 4.79 Å². The first-order chi connectivity index (χ1) is 13.9. The number of carboxylic acids is 1. The average molecular weight is 405 g/mol. The molecule has 0 heterocycles. The van der Waals surface area contributed by atoms with Crippen molar-refractivity contribution in [2.45, 2.75) is 110 Å². The third kappa shape index (κ3) is 3.90. The molecular formula is C26H44O3. The van der Waals surface area contributed by atoms with E-state index in [-0.39, 0.29) is 0 Å². The lowest BCUT2D eigenvalue weighted by molar-refractivity contribution is -0.138. The van der Waals surface area contributed by atoms with E-state index in [2.05, 4.69) is 20.8 Å². The van der Waals surface area contributed by atoms with Crippen LogP contribution in [0.3, 0.4) is 0 Å². The minimum Gasteiger partial charge on any atom is -0.481 e. The Morgan fingerprint density at radius 1 is 1.00 bits per heavy atom. The Bertz CT molecular complexity index is 589. The molecule has 0 aromatic rings. The quantitative estimate of drug-likeness (QED) is 0.514. The maximum Gasteiger partial charge on any atom is 0.303 e. The second-order valence-corrected chi connectivity index (χ2v) is 11.5. The predicted octanol–water partition coefficient (Wildman–Crippen LogP) is 6.70. The van der Waals surface area contributed by atoms with E-state index in [4.69, 9.17) is 9.84 Å². The smallest absolute Gasteiger partial charge is 0.303 e. The van der Waals surface area contributed by atoms with Crippen molar-refractivity contribution < 1.29 is 14.6 Å². The van der Waals surface area contributed by atoms with Crippen LogP contribution < -0.4 is 0 Å². The van der Waals surface area contributed by atoms with Crippen LogP contribution in [0.25, 0.3) is 0 Å². The topological polar surface area (TPSA) is 46.5 Å². The fraction of sp³-hybridized carbons (Fsp3) is 0.962. The summed E-state index contributed by atoms with van der Waals surface area (Å²) in [6.07, 6.45) is 16.4. The van der Waals surface area contributed by atoms with E-state index in [1.807, 2.05) is 0 Å². The van der Waals surface area contributed by atoms with Crippen LogP contribution in [0.4, 0.5) is 0 Å². The highest BCUT2D eigenvalue weighted by molar-refractivity contribution is 5.66. The van der Waals surface area contributed by atoms with E-state index in [1.54, 1.807) is 0 Å². The van der Waals surface area contributed by atoms with Gasteiger partial charge in [0, 0.05) is 13.0 Å². The van der Waals surface area contributed by atoms with E-state index in [1.165, 1.54) is 57.8 Å². The summed E-state index contributed by atoms with van der Waals surface area (Å²) in [6.45, 7) is 8.38. The van der Waals surface area contributed by atoms with Gasteiger partial charge in [-0.05, 0) is 117 Å². The van der Waals surface area contributed by atoms with Crippen molar-refractivity contribution in [1.29, 1.82) is 0 Å². The normalized spacial score (nSPS) is 46.6. The maximum atomic E-state index is 11.0. The third-order valence-electron chi connectivity index (χ3n) is 10.3. The summed E-state index contributed by atoms with van der Waals surface area (Å²) in [5.41, 5.74) is 1.02. The molecule has 4 aliphatic carbocycles. The molecule has 166 valence electrons. The van der Waals surface area contributed by atoms with Crippen LogP contribution in [-0.4, -0.2) is 23.8 Å². The van der Waals surface area contributed by atoms with Crippen LogP contribution in [-0.2, 0) is 9.53 Å². The standard InChI is InChI=1S/C26H44O3/c1-4-16-29-20-12-14-26(3)19(17-20)8-10-21-22-11-9-18(6-5-7-24(27)28)25(22,2)15-13-23(21)26/h18-23H,4-17H2,1-3H3,(H,27,28)/t18-,19+,20+,21?,22-,23-,25+,26-/m0/s1. The molecule has 1 N–H and O–H groups in total. The van der Waals surface area contributed by atoms with Crippen molar-refractivity contribution in [2.24, 2.45) is 40.4 Å². The molecule has 0 saturated heterocycles. The lowest BCUT2D eigenvalue weighted by atomic mass is 9.44. The lowest BCUT2D eigenvalue weighted by Crippen LogP contribution is -2.54.